The zero-order chi connectivity index (χ0) is 23.8. The number of amides is 1. The van der Waals surface area contributed by atoms with E-state index in [1.165, 1.54) is 9.80 Å². The number of para-hydroxylation sites is 1. The van der Waals surface area contributed by atoms with Crippen LogP contribution < -0.4 is 14.7 Å². The van der Waals surface area contributed by atoms with E-state index in [4.69, 9.17) is 0 Å². The van der Waals surface area contributed by atoms with Crippen molar-refractivity contribution in [2.45, 2.75) is 18.9 Å². The largest absolute Gasteiger partial charge is 0.478 e. The maximum Gasteiger partial charge on any atom is 0.352 e. The first-order valence-electron chi connectivity index (χ1n) is 11.4. The van der Waals surface area contributed by atoms with Crippen molar-refractivity contribution in [1.82, 2.24) is 4.90 Å². The fourth-order valence-corrected chi connectivity index (χ4v) is 5.14. The van der Waals surface area contributed by atoms with Crippen molar-refractivity contribution in [1.29, 1.82) is 0 Å². The first-order valence-corrected chi connectivity index (χ1v) is 11.4. The minimum Gasteiger partial charge on any atom is -0.478 e. The lowest BCUT2D eigenvalue weighted by Crippen LogP contribution is -2.47. The average Bonchev–Trinajstić information content (AvgIpc) is 3.17. The topological polar surface area (TPSA) is 105 Å². The van der Waals surface area contributed by atoms with Gasteiger partial charge in [-0.2, -0.15) is 0 Å². The van der Waals surface area contributed by atoms with Crippen LogP contribution in [0.3, 0.4) is 0 Å². The van der Waals surface area contributed by atoms with Gasteiger partial charge in [0.25, 0.3) is 5.91 Å². The fraction of sp³-hybridized carbons (Fsp3) is 0.320. The van der Waals surface area contributed by atoms with Crippen molar-refractivity contribution in [2.75, 3.05) is 47.5 Å². The molecule has 34 heavy (non-hydrogen) atoms. The number of carbonyl (C=O) groups is 3. The van der Waals surface area contributed by atoms with Crippen LogP contribution in [0.25, 0.3) is 0 Å². The quantitative estimate of drug-likeness (QED) is 0.653. The van der Waals surface area contributed by atoms with Gasteiger partial charge in [-0.05, 0) is 49.2 Å². The molecule has 2 aromatic rings. The van der Waals surface area contributed by atoms with E-state index in [2.05, 4.69) is 9.80 Å². The standard InChI is InChI=1S/C25H26N4O5/c30-23(31)15-22(25(33)34)29-16-28(24(32)20-3-1-2-4-21(20)29)18-7-5-17(6-8-18)27-14-13-26-11-9-19(27)10-12-26/h1-8,15,19H,9-14,16H2,(H,30,31)(H,33,34)/b22-15-. The second-order valence-corrected chi connectivity index (χ2v) is 8.78. The molecule has 2 N–H and O–H groups in total. The molecule has 2 bridgehead atoms. The monoisotopic (exact) mass is 462 g/mol. The molecule has 6 rings (SSSR count). The number of anilines is 3. The number of fused-ring (bicyclic) bond motifs is 5. The number of rotatable bonds is 5. The molecule has 0 radical (unpaired) electrons. The molecule has 1 amide bonds. The summed E-state index contributed by atoms with van der Waals surface area (Å²) in [6.45, 7) is 4.17. The van der Waals surface area contributed by atoms with Gasteiger partial charge in [-0.1, -0.05) is 12.1 Å². The van der Waals surface area contributed by atoms with Crippen LogP contribution in [0.1, 0.15) is 23.2 Å². The molecule has 3 saturated heterocycles. The van der Waals surface area contributed by atoms with Gasteiger partial charge >= 0.3 is 11.9 Å². The summed E-state index contributed by atoms with van der Waals surface area (Å²) in [5, 5.41) is 18.9. The lowest BCUT2D eigenvalue weighted by atomic mass is 10.0. The van der Waals surface area contributed by atoms with Crippen molar-refractivity contribution in [2.24, 2.45) is 0 Å². The molecule has 0 unspecified atom stereocenters. The van der Waals surface area contributed by atoms with E-state index in [9.17, 15) is 24.6 Å². The second-order valence-electron chi connectivity index (χ2n) is 8.78. The number of nitrogens with zero attached hydrogens (tertiary/aromatic N) is 4. The zero-order valence-corrected chi connectivity index (χ0v) is 18.6. The van der Waals surface area contributed by atoms with E-state index in [0.717, 1.165) is 44.7 Å². The molecular weight excluding hydrogens is 436 g/mol. The number of carboxylic acid groups (broad SMARTS) is 2. The normalized spacial score (nSPS) is 22.4. The summed E-state index contributed by atoms with van der Waals surface area (Å²) in [5.74, 6) is -3.01. The molecule has 4 aliphatic rings. The van der Waals surface area contributed by atoms with Crippen LogP contribution in [-0.2, 0) is 9.59 Å². The van der Waals surface area contributed by atoms with Gasteiger partial charge < -0.3 is 24.9 Å². The molecule has 0 saturated carbocycles. The predicted molar refractivity (Wildman–Crippen MR) is 127 cm³/mol. The lowest BCUT2D eigenvalue weighted by molar-refractivity contribution is -0.135. The smallest absolute Gasteiger partial charge is 0.352 e. The summed E-state index contributed by atoms with van der Waals surface area (Å²) in [6.07, 6.45) is 2.94. The van der Waals surface area contributed by atoms with E-state index in [-0.39, 0.29) is 12.6 Å². The molecule has 0 aromatic heterocycles. The summed E-state index contributed by atoms with van der Waals surface area (Å²) in [4.78, 5) is 44.3. The van der Waals surface area contributed by atoms with Gasteiger partial charge in [0.05, 0.1) is 17.3 Å². The third-order valence-electron chi connectivity index (χ3n) is 6.87. The number of hydrogen-bond donors (Lipinski definition) is 2. The van der Waals surface area contributed by atoms with Gasteiger partial charge in [0.2, 0.25) is 0 Å². The minimum atomic E-state index is -1.38. The Morgan fingerprint density at radius 3 is 2.24 bits per heavy atom. The highest BCUT2D eigenvalue weighted by Crippen LogP contribution is 2.34. The molecular formula is C25H26N4O5. The van der Waals surface area contributed by atoms with Crippen LogP contribution in [0, 0.1) is 0 Å². The second kappa shape index (κ2) is 8.83. The highest BCUT2D eigenvalue weighted by atomic mass is 16.4. The van der Waals surface area contributed by atoms with Crippen molar-refractivity contribution in [3.63, 3.8) is 0 Å². The van der Waals surface area contributed by atoms with E-state index < -0.39 is 17.6 Å². The van der Waals surface area contributed by atoms with Crippen LogP contribution in [0.15, 0.2) is 60.3 Å². The van der Waals surface area contributed by atoms with Crippen molar-refractivity contribution >= 4 is 34.9 Å². The Kier molecular flexibility index (Phi) is 5.70. The lowest BCUT2D eigenvalue weighted by Gasteiger charge is -2.38. The van der Waals surface area contributed by atoms with Crippen LogP contribution in [0.5, 0.6) is 0 Å². The molecule has 0 aliphatic carbocycles. The van der Waals surface area contributed by atoms with Crippen LogP contribution in [0.2, 0.25) is 0 Å². The average molecular weight is 463 g/mol. The van der Waals surface area contributed by atoms with Gasteiger partial charge in [-0.15, -0.1) is 0 Å². The molecule has 9 heteroatoms. The maximum absolute atomic E-state index is 13.3. The molecule has 0 spiro atoms. The Hall–Kier alpha value is -3.85. The van der Waals surface area contributed by atoms with Crippen LogP contribution in [0.4, 0.5) is 17.1 Å². The number of aliphatic carboxylic acids is 2. The van der Waals surface area contributed by atoms with Crippen LogP contribution in [-0.4, -0.2) is 71.8 Å². The predicted octanol–water partition coefficient (Wildman–Crippen LogP) is 2.45. The van der Waals surface area contributed by atoms with E-state index >= 15 is 0 Å². The van der Waals surface area contributed by atoms with Crippen molar-refractivity contribution < 1.29 is 24.6 Å². The van der Waals surface area contributed by atoms with Gasteiger partial charge in [-0.3, -0.25) is 9.69 Å². The number of benzene rings is 2. The van der Waals surface area contributed by atoms with Gasteiger partial charge in [0.15, 0.2) is 0 Å². The summed E-state index contributed by atoms with van der Waals surface area (Å²) in [7, 11) is 0. The van der Waals surface area contributed by atoms with Gasteiger partial charge in [0.1, 0.15) is 12.4 Å². The van der Waals surface area contributed by atoms with E-state index in [0.29, 0.717) is 29.1 Å². The van der Waals surface area contributed by atoms with E-state index in [1.54, 1.807) is 24.3 Å². The minimum absolute atomic E-state index is 0.109. The Labute approximate surface area is 197 Å². The Balaban J connectivity index is 1.47. The molecule has 4 heterocycles. The zero-order valence-electron chi connectivity index (χ0n) is 18.6. The Morgan fingerprint density at radius 2 is 1.56 bits per heavy atom. The Bertz CT molecular complexity index is 1150. The molecule has 3 fully saturated rings. The SMILES string of the molecule is O=C(O)/C=C(/C(=O)O)N1CN(c2ccc(N3CCN4CCC3CC4)cc2)C(=O)c2ccccc21. The summed E-state index contributed by atoms with van der Waals surface area (Å²) >= 11 is 0. The third-order valence-corrected chi connectivity index (χ3v) is 6.87. The third kappa shape index (κ3) is 3.99. The van der Waals surface area contributed by atoms with E-state index in [1.807, 2.05) is 24.3 Å². The maximum atomic E-state index is 13.3. The molecule has 0 atom stereocenters. The number of hydrogen-bond acceptors (Lipinski definition) is 6. The Morgan fingerprint density at radius 1 is 0.882 bits per heavy atom. The summed E-state index contributed by atoms with van der Waals surface area (Å²) < 4.78 is 0. The van der Waals surface area contributed by atoms with Crippen molar-refractivity contribution in [3.05, 3.63) is 65.9 Å². The van der Waals surface area contributed by atoms with Crippen molar-refractivity contribution in [3.8, 4) is 0 Å². The number of carbonyl (C=O) groups excluding carboxylic acids is 1. The first-order chi connectivity index (χ1) is 16.4. The van der Waals surface area contributed by atoms with Gasteiger partial charge in [0, 0.05) is 43.6 Å². The number of carboxylic acids is 2. The van der Waals surface area contributed by atoms with Crippen LogP contribution >= 0.6 is 0 Å². The molecule has 9 nitrogen and oxygen atoms in total. The molecule has 176 valence electrons. The number of piperidine rings is 1. The first kappa shape index (κ1) is 22.0. The summed E-state index contributed by atoms with van der Waals surface area (Å²) in [5.41, 5.74) is 2.00. The highest BCUT2D eigenvalue weighted by molar-refractivity contribution is 6.13. The summed E-state index contributed by atoms with van der Waals surface area (Å²) in [6, 6.07) is 14.9. The molecule has 2 aromatic carbocycles. The molecule has 4 aliphatic heterocycles. The highest BCUT2D eigenvalue weighted by Gasteiger charge is 2.34. The fourth-order valence-electron chi connectivity index (χ4n) is 5.14. The van der Waals surface area contributed by atoms with Gasteiger partial charge in [-0.25, -0.2) is 9.59 Å².